The Morgan fingerprint density at radius 3 is 2.23 bits per heavy atom. The minimum atomic E-state index is -1.33. The summed E-state index contributed by atoms with van der Waals surface area (Å²) < 4.78 is 0. The summed E-state index contributed by atoms with van der Waals surface area (Å²) in [5.74, 6) is 0.234. The summed E-state index contributed by atoms with van der Waals surface area (Å²) in [6, 6.07) is 8.53. The van der Waals surface area contributed by atoms with Crippen LogP contribution in [0.15, 0.2) is 30.3 Å². The molecule has 2 amide bonds. The highest BCUT2D eigenvalue weighted by Crippen LogP contribution is 2.35. The van der Waals surface area contributed by atoms with Gasteiger partial charge in [-0.3, -0.25) is 9.69 Å². The van der Waals surface area contributed by atoms with E-state index in [1.165, 1.54) is 4.90 Å². The quantitative estimate of drug-likeness (QED) is 0.586. The fourth-order valence-electron chi connectivity index (χ4n) is 5.18. The largest absolute Gasteiger partial charge is 0.530 e. The summed E-state index contributed by atoms with van der Waals surface area (Å²) >= 11 is 0. The third-order valence-electron chi connectivity index (χ3n) is 6.59. The Labute approximate surface area is 211 Å². The van der Waals surface area contributed by atoms with Crippen LogP contribution in [0.5, 0.6) is 0 Å². The normalized spacial score (nSPS) is 21.4. The first kappa shape index (κ1) is 29.1. The molecular formula is C28H46N3O4-. The fourth-order valence-corrected chi connectivity index (χ4v) is 5.18. The molecule has 1 saturated heterocycles. The first-order chi connectivity index (χ1) is 16.0. The van der Waals surface area contributed by atoms with E-state index in [1.807, 2.05) is 71.9 Å². The van der Waals surface area contributed by atoms with Gasteiger partial charge in [-0.1, -0.05) is 44.2 Å². The number of benzene rings is 1. The maximum atomic E-state index is 13.3. The molecule has 1 aromatic carbocycles. The Balaban J connectivity index is 2.46. The molecule has 3 atom stereocenters. The molecule has 2 N–H and O–H groups in total. The van der Waals surface area contributed by atoms with Gasteiger partial charge in [0.2, 0.25) is 5.91 Å². The number of β-amino-alcohol motifs (C(OH)–C–C–N with tert-alkyl or cyclic N) is 1. The van der Waals surface area contributed by atoms with Crippen LogP contribution in [-0.2, 0) is 11.2 Å². The topological polar surface area (TPSA) is 95.9 Å². The molecule has 0 spiro atoms. The number of hydrogen-bond acceptors (Lipinski definition) is 5. The predicted molar refractivity (Wildman–Crippen MR) is 138 cm³/mol. The van der Waals surface area contributed by atoms with Crippen molar-refractivity contribution in [2.24, 2.45) is 5.92 Å². The smallest absolute Gasteiger partial charge is 0.237 e. The highest BCUT2D eigenvalue weighted by Gasteiger charge is 2.48. The molecule has 0 bridgehead atoms. The highest BCUT2D eigenvalue weighted by atomic mass is 16.4. The van der Waals surface area contributed by atoms with Gasteiger partial charge in [0.1, 0.15) is 6.09 Å². The van der Waals surface area contributed by atoms with Crippen LogP contribution in [0.2, 0.25) is 0 Å². The predicted octanol–water partition coefficient (Wildman–Crippen LogP) is 3.20. The lowest BCUT2D eigenvalue weighted by molar-refractivity contribution is -0.279. The molecule has 1 heterocycles. The number of amides is 2. The summed E-state index contributed by atoms with van der Waals surface area (Å²) in [4.78, 5) is 29.1. The van der Waals surface area contributed by atoms with E-state index in [0.29, 0.717) is 32.2 Å². The van der Waals surface area contributed by atoms with Crippen molar-refractivity contribution in [1.82, 2.24) is 15.1 Å². The van der Waals surface area contributed by atoms with E-state index < -0.39 is 29.3 Å². The molecule has 198 valence electrons. The molecule has 0 radical (unpaired) electrons. The Morgan fingerprint density at radius 1 is 1.14 bits per heavy atom. The van der Waals surface area contributed by atoms with Crippen LogP contribution in [0.3, 0.4) is 0 Å². The standard InChI is InChI=1S/C28H47N3O4/c1-20(2)17-22(24(32)29-26(3,4)5)30-16-12-15-28(35,19-30)23(18-21-13-10-9-11-14-21)31(25(33)34)27(6,7)8/h9-11,13-14,20,22-23,35H,12,15-19H2,1-8H3,(H,29,32)(H,33,34)/p-1/t22-,23-,28-/m0/s1. The number of aliphatic hydroxyl groups is 1. The molecule has 1 aromatic rings. The van der Waals surface area contributed by atoms with Crippen LogP contribution in [0.1, 0.15) is 80.2 Å². The Morgan fingerprint density at radius 2 is 1.74 bits per heavy atom. The SMILES string of the molecule is CC(C)C[C@@H](C(=O)NC(C)(C)C)N1CCC[C@@](O)([C@H](Cc2ccccc2)N(C(=O)[O-])C(C)(C)C)C1. The third-order valence-corrected chi connectivity index (χ3v) is 6.59. The third kappa shape index (κ3) is 8.21. The van der Waals surface area contributed by atoms with Crippen LogP contribution in [0, 0.1) is 5.92 Å². The Bertz CT molecular complexity index is 844. The molecule has 0 aromatic heterocycles. The van der Waals surface area contributed by atoms with E-state index in [4.69, 9.17) is 0 Å². The van der Waals surface area contributed by atoms with Gasteiger partial charge in [-0.15, -0.1) is 0 Å². The van der Waals surface area contributed by atoms with Crippen LogP contribution < -0.4 is 10.4 Å². The molecule has 1 fully saturated rings. The summed E-state index contributed by atoms with van der Waals surface area (Å²) in [6.07, 6.45) is 0.846. The number of rotatable bonds is 8. The molecule has 1 aliphatic heterocycles. The van der Waals surface area contributed by atoms with Crippen molar-refractivity contribution >= 4 is 12.0 Å². The van der Waals surface area contributed by atoms with Gasteiger partial charge in [0.05, 0.1) is 17.7 Å². The van der Waals surface area contributed by atoms with Crippen LogP contribution in [0.25, 0.3) is 0 Å². The molecule has 0 saturated carbocycles. The van der Waals surface area contributed by atoms with Gasteiger partial charge in [-0.2, -0.15) is 0 Å². The number of carbonyl (C=O) groups is 2. The van der Waals surface area contributed by atoms with Crippen LogP contribution in [-0.4, -0.2) is 68.8 Å². The van der Waals surface area contributed by atoms with Crippen molar-refractivity contribution < 1.29 is 19.8 Å². The summed E-state index contributed by atoms with van der Waals surface area (Å²) in [7, 11) is 0. The fraction of sp³-hybridized carbons (Fsp3) is 0.714. The number of nitrogens with zero attached hydrogens (tertiary/aromatic N) is 2. The maximum Gasteiger partial charge on any atom is 0.237 e. The number of piperidine rings is 1. The van der Waals surface area contributed by atoms with Gasteiger partial charge in [-0.25, -0.2) is 0 Å². The van der Waals surface area contributed by atoms with E-state index in [9.17, 15) is 19.8 Å². The van der Waals surface area contributed by atoms with Crippen molar-refractivity contribution in [3.8, 4) is 0 Å². The zero-order chi connectivity index (χ0) is 26.6. The van der Waals surface area contributed by atoms with E-state index in [1.54, 1.807) is 0 Å². The minimum Gasteiger partial charge on any atom is -0.530 e. The first-order valence-corrected chi connectivity index (χ1v) is 12.9. The summed E-state index contributed by atoms with van der Waals surface area (Å²) in [5, 5.41) is 27.7. The van der Waals surface area contributed by atoms with Crippen molar-refractivity contribution in [1.29, 1.82) is 0 Å². The summed E-state index contributed by atoms with van der Waals surface area (Å²) in [5.41, 5.74) is -1.52. The van der Waals surface area contributed by atoms with Gasteiger partial charge in [0.15, 0.2) is 0 Å². The molecular weight excluding hydrogens is 442 g/mol. The van der Waals surface area contributed by atoms with Crippen LogP contribution >= 0.6 is 0 Å². The molecule has 1 aliphatic rings. The zero-order valence-electron chi connectivity index (χ0n) is 22.9. The number of likely N-dealkylation sites (tertiary alicyclic amines) is 1. The molecule has 2 rings (SSSR count). The number of carboxylic acid groups (broad SMARTS) is 1. The summed E-state index contributed by atoms with van der Waals surface area (Å²) in [6.45, 7) is 16.4. The lowest BCUT2D eigenvalue weighted by Gasteiger charge is -2.53. The van der Waals surface area contributed by atoms with Gasteiger partial charge < -0.3 is 25.2 Å². The Hall–Kier alpha value is -2.12. The number of nitrogens with one attached hydrogen (secondary N) is 1. The monoisotopic (exact) mass is 488 g/mol. The highest BCUT2D eigenvalue weighted by molar-refractivity contribution is 5.82. The van der Waals surface area contributed by atoms with E-state index >= 15 is 0 Å². The van der Waals surface area contributed by atoms with Crippen molar-refractivity contribution in [2.45, 2.75) is 110 Å². The maximum absolute atomic E-state index is 13.3. The zero-order valence-corrected chi connectivity index (χ0v) is 22.9. The average Bonchev–Trinajstić information content (AvgIpc) is 2.69. The van der Waals surface area contributed by atoms with Crippen LogP contribution in [0.4, 0.5) is 4.79 Å². The molecule has 7 nitrogen and oxygen atoms in total. The molecule has 35 heavy (non-hydrogen) atoms. The molecule has 7 heteroatoms. The minimum absolute atomic E-state index is 0.0531. The van der Waals surface area contributed by atoms with Crippen molar-refractivity contribution in [3.63, 3.8) is 0 Å². The van der Waals surface area contributed by atoms with E-state index in [0.717, 1.165) is 5.56 Å². The van der Waals surface area contributed by atoms with Crippen molar-refractivity contribution in [3.05, 3.63) is 35.9 Å². The first-order valence-electron chi connectivity index (χ1n) is 12.9. The molecule has 0 aliphatic carbocycles. The second-order valence-corrected chi connectivity index (χ2v) is 12.6. The van der Waals surface area contributed by atoms with E-state index in [-0.39, 0.29) is 23.9 Å². The van der Waals surface area contributed by atoms with Crippen molar-refractivity contribution in [2.75, 3.05) is 13.1 Å². The van der Waals surface area contributed by atoms with Gasteiger partial charge >= 0.3 is 0 Å². The number of hydrogen-bond donors (Lipinski definition) is 2. The lowest BCUT2D eigenvalue weighted by Crippen LogP contribution is -2.69. The van der Waals surface area contributed by atoms with Gasteiger partial charge in [0, 0.05) is 17.6 Å². The molecule has 0 unspecified atom stereocenters. The number of carbonyl (C=O) groups excluding carboxylic acids is 2. The Kier molecular flexibility index (Phi) is 9.39. The lowest BCUT2D eigenvalue weighted by atomic mass is 9.79. The van der Waals surface area contributed by atoms with Gasteiger partial charge in [-0.05, 0) is 85.3 Å². The second kappa shape index (κ2) is 11.3. The average molecular weight is 489 g/mol. The second-order valence-electron chi connectivity index (χ2n) is 12.6. The van der Waals surface area contributed by atoms with Gasteiger partial charge in [0.25, 0.3) is 0 Å². The van der Waals surface area contributed by atoms with E-state index in [2.05, 4.69) is 24.1 Å².